The largest absolute Gasteiger partial charge is 0.355 e. The summed E-state index contributed by atoms with van der Waals surface area (Å²) >= 11 is 0. The van der Waals surface area contributed by atoms with E-state index in [-0.39, 0.29) is 4.90 Å². The van der Waals surface area contributed by atoms with Gasteiger partial charge in [0, 0.05) is 49.5 Å². The van der Waals surface area contributed by atoms with Crippen molar-refractivity contribution in [2.75, 3.05) is 31.1 Å². The highest BCUT2D eigenvalue weighted by Crippen LogP contribution is 2.28. The molecule has 1 aliphatic heterocycles. The van der Waals surface area contributed by atoms with Gasteiger partial charge in [-0.2, -0.15) is 4.31 Å². The lowest BCUT2D eigenvalue weighted by Gasteiger charge is -2.24. The van der Waals surface area contributed by atoms with E-state index in [0.29, 0.717) is 38.4 Å². The molecular weight excluding hydrogens is 441 g/mol. The number of sulfonamides is 1. The fraction of sp³-hybridized carbons (Fsp3) is 0.208. The van der Waals surface area contributed by atoms with Crippen LogP contribution in [0.25, 0.3) is 22.3 Å². The van der Waals surface area contributed by atoms with Crippen LogP contribution in [-0.4, -0.2) is 53.9 Å². The molecule has 0 N–H and O–H groups in total. The maximum atomic E-state index is 13.3. The molecule has 2 aromatic carbocycles. The van der Waals surface area contributed by atoms with Crippen molar-refractivity contribution in [2.45, 2.75) is 11.3 Å². The Morgan fingerprint density at radius 3 is 2.45 bits per heavy atom. The van der Waals surface area contributed by atoms with Crippen LogP contribution in [0.4, 0.5) is 10.2 Å². The molecule has 1 aliphatic rings. The van der Waals surface area contributed by atoms with E-state index in [1.165, 1.54) is 28.6 Å². The van der Waals surface area contributed by atoms with E-state index in [9.17, 15) is 12.8 Å². The number of benzene rings is 2. The van der Waals surface area contributed by atoms with Gasteiger partial charge in [-0.3, -0.25) is 4.98 Å². The molecule has 7 nitrogen and oxygen atoms in total. The maximum absolute atomic E-state index is 13.3. The minimum absolute atomic E-state index is 0.101. The molecule has 1 saturated heterocycles. The minimum atomic E-state index is -3.70. The molecule has 5 rings (SSSR count). The van der Waals surface area contributed by atoms with Crippen molar-refractivity contribution in [1.29, 1.82) is 0 Å². The van der Waals surface area contributed by atoms with Crippen LogP contribution in [0.15, 0.2) is 78.0 Å². The van der Waals surface area contributed by atoms with E-state index in [4.69, 9.17) is 9.97 Å². The first-order valence-electron chi connectivity index (χ1n) is 10.7. The molecule has 0 unspecified atom stereocenters. The summed E-state index contributed by atoms with van der Waals surface area (Å²) in [7, 11) is -3.70. The van der Waals surface area contributed by atoms with Crippen molar-refractivity contribution in [3.8, 4) is 11.4 Å². The number of fused-ring (bicyclic) bond motifs is 1. The first kappa shape index (κ1) is 21.4. The average Bonchev–Trinajstić information content (AvgIpc) is 3.11. The zero-order chi connectivity index (χ0) is 22.8. The average molecular weight is 464 g/mol. The molecule has 0 spiro atoms. The number of pyridine rings is 1. The van der Waals surface area contributed by atoms with Crippen molar-refractivity contribution >= 4 is 26.7 Å². The normalized spacial score (nSPS) is 15.5. The lowest BCUT2D eigenvalue weighted by molar-refractivity contribution is 0.433. The maximum Gasteiger partial charge on any atom is 0.243 e. The highest BCUT2D eigenvalue weighted by molar-refractivity contribution is 7.89. The van der Waals surface area contributed by atoms with Crippen LogP contribution in [0.1, 0.15) is 6.42 Å². The summed E-state index contributed by atoms with van der Waals surface area (Å²) in [5, 5.41) is 0.917. The third-order valence-corrected chi connectivity index (χ3v) is 7.62. The van der Waals surface area contributed by atoms with E-state index in [2.05, 4.69) is 9.88 Å². The van der Waals surface area contributed by atoms with Crippen LogP contribution in [0.5, 0.6) is 0 Å². The summed E-state index contributed by atoms with van der Waals surface area (Å²) in [6.45, 7) is 1.83. The molecule has 0 aliphatic carbocycles. The zero-order valence-corrected chi connectivity index (χ0v) is 18.6. The number of aromatic nitrogens is 3. The van der Waals surface area contributed by atoms with E-state index in [1.807, 2.05) is 36.4 Å². The summed E-state index contributed by atoms with van der Waals surface area (Å²) < 4.78 is 40.9. The van der Waals surface area contributed by atoms with Gasteiger partial charge in [-0.15, -0.1) is 0 Å². The number of rotatable bonds is 4. The van der Waals surface area contributed by atoms with Gasteiger partial charge in [-0.25, -0.2) is 22.8 Å². The highest BCUT2D eigenvalue weighted by Gasteiger charge is 2.28. The molecule has 0 radical (unpaired) electrons. The smallest absolute Gasteiger partial charge is 0.243 e. The number of halogens is 1. The van der Waals surface area contributed by atoms with Gasteiger partial charge in [-0.1, -0.05) is 12.1 Å². The van der Waals surface area contributed by atoms with Gasteiger partial charge >= 0.3 is 0 Å². The number of hydrogen-bond donors (Lipinski definition) is 0. The Labute approximate surface area is 191 Å². The van der Waals surface area contributed by atoms with Crippen LogP contribution in [0, 0.1) is 5.82 Å². The second-order valence-electron chi connectivity index (χ2n) is 7.83. The van der Waals surface area contributed by atoms with Crippen LogP contribution >= 0.6 is 0 Å². The summed E-state index contributed by atoms with van der Waals surface area (Å²) in [6, 6.07) is 16.5. The molecule has 4 aromatic rings. The molecule has 1 fully saturated rings. The van der Waals surface area contributed by atoms with E-state index >= 15 is 0 Å². The van der Waals surface area contributed by atoms with Crippen molar-refractivity contribution in [2.24, 2.45) is 0 Å². The molecule has 9 heteroatoms. The lowest BCUT2D eigenvalue weighted by Crippen LogP contribution is -2.35. The third-order valence-electron chi connectivity index (χ3n) is 5.71. The topological polar surface area (TPSA) is 79.3 Å². The first-order chi connectivity index (χ1) is 16.0. The summed E-state index contributed by atoms with van der Waals surface area (Å²) in [6.07, 6.45) is 4.07. The summed E-state index contributed by atoms with van der Waals surface area (Å²) in [5.74, 6) is 0.897. The number of hydrogen-bond acceptors (Lipinski definition) is 6. The van der Waals surface area contributed by atoms with Crippen molar-refractivity contribution in [3.05, 3.63) is 78.9 Å². The molecule has 0 saturated carbocycles. The number of para-hydroxylation sites is 1. The van der Waals surface area contributed by atoms with Gasteiger partial charge in [0.25, 0.3) is 0 Å². The molecule has 0 amide bonds. The van der Waals surface area contributed by atoms with Gasteiger partial charge in [0.15, 0.2) is 5.82 Å². The van der Waals surface area contributed by atoms with Crippen LogP contribution in [0.2, 0.25) is 0 Å². The minimum Gasteiger partial charge on any atom is -0.355 e. The Bertz CT molecular complexity index is 1380. The molecule has 2 aromatic heterocycles. The van der Waals surface area contributed by atoms with Gasteiger partial charge in [0.05, 0.1) is 10.4 Å². The molecule has 168 valence electrons. The monoisotopic (exact) mass is 463 g/mol. The highest BCUT2D eigenvalue weighted by atomic mass is 32.2. The Morgan fingerprint density at radius 2 is 1.67 bits per heavy atom. The molecule has 33 heavy (non-hydrogen) atoms. The number of nitrogens with zero attached hydrogens (tertiary/aromatic N) is 5. The van der Waals surface area contributed by atoms with Crippen molar-refractivity contribution < 1.29 is 12.8 Å². The molecule has 0 atom stereocenters. The predicted molar refractivity (Wildman–Crippen MR) is 125 cm³/mol. The number of anilines is 1. The van der Waals surface area contributed by atoms with Crippen molar-refractivity contribution in [1.82, 2.24) is 19.3 Å². The van der Waals surface area contributed by atoms with E-state index in [0.717, 1.165) is 22.3 Å². The van der Waals surface area contributed by atoms with Crippen molar-refractivity contribution in [3.63, 3.8) is 0 Å². The van der Waals surface area contributed by atoms with Gasteiger partial charge < -0.3 is 4.90 Å². The first-order valence-corrected chi connectivity index (χ1v) is 12.1. The molecule has 0 bridgehead atoms. The Hall–Kier alpha value is -3.43. The summed E-state index contributed by atoms with van der Waals surface area (Å²) in [4.78, 5) is 16.0. The third kappa shape index (κ3) is 4.29. The molecule has 3 heterocycles. The quantitative estimate of drug-likeness (QED) is 0.459. The zero-order valence-electron chi connectivity index (χ0n) is 17.8. The predicted octanol–water partition coefficient (Wildman–Crippen LogP) is 3.73. The summed E-state index contributed by atoms with van der Waals surface area (Å²) in [5.41, 5.74) is 1.64. The fourth-order valence-corrected chi connectivity index (χ4v) is 5.50. The second kappa shape index (κ2) is 8.84. The van der Waals surface area contributed by atoms with E-state index < -0.39 is 15.8 Å². The Kier molecular flexibility index (Phi) is 5.74. The van der Waals surface area contributed by atoms with Crippen LogP contribution < -0.4 is 4.90 Å². The second-order valence-corrected chi connectivity index (χ2v) is 9.77. The van der Waals surface area contributed by atoms with Crippen LogP contribution in [0.3, 0.4) is 0 Å². The van der Waals surface area contributed by atoms with Gasteiger partial charge in [0.1, 0.15) is 11.6 Å². The molecular formula is C24H22FN5O2S. The van der Waals surface area contributed by atoms with Gasteiger partial charge in [-0.05, 0) is 55.0 Å². The Balaban J connectivity index is 1.47. The van der Waals surface area contributed by atoms with Gasteiger partial charge in [0.2, 0.25) is 10.0 Å². The standard InChI is InChI=1S/C24H22FN5O2S/c25-19-8-10-20(11-9-19)33(31,32)30-14-4-13-29(15-16-30)24-21-6-1-2-7-22(21)27-23(28-24)18-5-3-12-26-17-18/h1-3,5-12,17H,4,13-16H2. The van der Waals surface area contributed by atoms with Crippen LogP contribution in [-0.2, 0) is 10.0 Å². The fourth-order valence-electron chi connectivity index (χ4n) is 4.03. The van der Waals surface area contributed by atoms with E-state index in [1.54, 1.807) is 12.4 Å². The lowest BCUT2D eigenvalue weighted by atomic mass is 10.2. The SMILES string of the molecule is O=S(=O)(c1ccc(F)cc1)N1CCCN(c2nc(-c3cccnc3)nc3ccccc23)CC1. The Morgan fingerprint density at radius 1 is 0.848 bits per heavy atom.